The Balaban J connectivity index is 1.25. The van der Waals surface area contributed by atoms with E-state index in [9.17, 15) is 9.59 Å². The minimum atomic E-state index is -0.209. The van der Waals surface area contributed by atoms with Crippen molar-refractivity contribution in [1.82, 2.24) is 25.9 Å². The second-order valence-electron chi connectivity index (χ2n) is 9.33. The number of nitrogens with one attached hydrogen (secondary N) is 3. The Hall–Kier alpha value is -3.80. The van der Waals surface area contributed by atoms with Crippen LogP contribution in [0.25, 0.3) is 22.4 Å². The maximum absolute atomic E-state index is 12.9. The summed E-state index contributed by atoms with van der Waals surface area (Å²) in [5.41, 5.74) is 5.46. The molecule has 38 heavy (non-hydrogen) atoms. The molecule has 0 radical (unpaired) electrons. The molecule has 7 nitrogen and oxygen atoms in total. The van der Waals surface area contributed by atoms with Crippen LogP contribution in [0.2, 0.25) is 0 Å². The van der Waals surface area contributed by atoms with E-state index in [0.29, 0.717) is 28.0 Å². The topological polar surface area (TPSA) is 96.0 Å². The average molecular weight is 568 g/mol. The van der Waals surface area contributed by atoms with E-state index in [0.717, 1.165) is 48.2 Å². The van der Waals surface area contributed by atoms with Crippen LogP contribution in [0.15, 0.2) is 85.1 Å². The van der Waals surface area contributed by atoms with Crippen molar-refractivity contribution >= 4 is 33.1 Å². The first-order valence-electron chi connectivity index (χ1n) is 12.7. The third-order valence-corrected chi connectivity index (χ3v) is 7.47. The van der Waals surface area contributed by atoms with E-state index in [2.05, 4.69) is 50.2 Å². The molecule has 2 heterocycles. The van der Waals surface area contributed by atoms with Crippen LogP contribution in [0, 0.1) is 0 Å². The molecule has 3 N–H and O–H groups in total. The Kier molecular flexibility index (Phi) is 8.27. The molecular formula is C30H30AsN5O2. The van der Waals surface area contributed by atoms with Crippen LogP contribution in [-0.2, 0) is 6.54 Å². The summed E-state index contributed by atoms with van der Waals surface area (Å²) in [7, 11) is 0. The Labute approximate surface area is 231 Å². The van der Waals surface area contributed by atoms with Gasteiger partial charge in [-0.1, -0.05) is 42.5 Å². The number of nitrogens with zero attached hydrogens (tertiary/aromatic N) is 2. The predicted molar refractivity (Wildman–Crippen MR) is 152 cm³/mol. The van der Waals surface area contributed by atoms with E-state index in [-0.39, 0.29) is 17.9 Å². The molecule has 4 aromatic rings. The molecule has 1 saturated heterocycles. The molecule has 1 aliphatic rings. The van der Waals surface area contributed by atoms with E-state index in [1.807, 2.05) is 42.5 Å². The molecule has 3 aromatic carbocycles. The fourth-order valence-electron chi connectivity index (χ4n) is 4.48. The fraction of sp³-hybridized carbons (Fsp3) is 0.200. The van der Waals surface area contributed by atoms with Gasteiger partial charge in [0.25, 0.3) is 0 Å². The van der Waals surface area contributed by atoms with Crippen LogP contribution in [0.4, 0.5) is 0 Å². The SMILES string of the molecule is O=C(NCc1ccc(-c2ccccc2)cc1)c1cccc(-c2cnc([AsH2])c(C(=O)N[C@H]3CCCNC3)n2)c1. The first-order chi connectivity index (χ1) is 18.6. The van der Waals surface area contributed by atoms with Gasteiger partial charge in [0.05, 0.1) is 0 Å². The Morgan fingerprint density at radius 3 is 2.45 bits per heavy atom. The van der Waals surface area contributed by atoms with Crippen LogP contribution in [0.5, 0.6) is 0 Å². The van der Waals surface area contributed by atoms with E-state index in [4.69, 9.17) is 0 Å². The van der Waals surface area contributed by atoms with Gasteiger partial charge in [-0.15, -0.1) is 0 Å². The molecule has 192 valence electrons. The molecule has 2 amide bonds. The molecule has 1 fully saturated rings. The number of carbonyl (C=O) groups excluding carboxylic acids is 2. The molecule has 5 rings (SSSR count). The molecule has 1 aliphatic heterocycles. The monoisotopic (exact) mass is 567 g/mol. The number of hydrogen-bond donors (Lipinski definition) is 3. The summed E-state index contributed by atoms with van der Waals surface area (Å²) < 4.78 is 0.634. The van der Waals surface area contributed by atoms with Gasteiger partial charge in [-0.2, -0.15) is 0 Å². The van der Waals surface area contributed by atoms with Crippen molar-refractivity contribution in [2.75, 3.05) is 13.1 Å². The van der Waals surface area contributed by atoms with Crippen LogP contribution in [-0.4, -0.2) is 57.8 Å². The van der Waals surface area contributed by atoms with Gasteiger partial charge >= 0.3 is 178 Å². The Morgan fingerprint density at radius 1 is 0.921 bits per heavy atom. The van der Waals surface area contributed by atoms with Gasteiger partial charge in [0.1, 0.15) is 0 Å². The van der Waals surface area contributed by atoms with Gasteiger partial charge in [0.2, 0.25) is 0 Å². The summed E-state index contributed by atoms with van der Waals surface area (Å²) in [5.74, 6) is -0.384. The number of piperidine rings is 1. The minimum absolute atomic E-state index is 0.0928. The zero-order chi connectivity index (χ0) is 26.3. The van der Waals surface area contributed by atoms with Crippen LogP contribution in [0.3, 0.4) is 0 Å². The van der Waals surface area contributed by atoms with Crippen molar-refractivity contribution in [1.29, 1.82) is 0 Å². The third-order valence-electron chi connectivity index (χ3n) is 6.58. The second kappa shape index (κ2) is 12.2. The normalized spacial score (nSPS) is 15.0. The van der Waals surface area contributed by atoms with Crippen molar-refractivity contribution in [2.45, 2.75) is 25.4 Å². The number of aromatic nitrogens is 2. The van der Waals surface area contributed by atoms with Crippen LogP contribution in [0.1, 0.15) is 39.3 Å². The molecule has 0 bridgehead atoms. The molecule has 1 unspecified atom stereocenters. The first-order valence-corrected chi connectivity index (χ1v) is 13.9. The van der Waals surface area contributed by atoms with Crippen molar-refractivity contribution < 1.29 is 9.59 Å². The second-order valence-corrected chi connectivity index (χ2v) is 10.5. The fourth-order valence-corrected chi connectivity index (χ4v) is 5.05. The van der Waals surface area contributed by atoms with Crippen LogP contribution < -0.4 is 20.4 Å². The average Bonchev–Trinajstić information content (AvgIpc) is 2.97. The quantitative estimate of drug-likeness (QED) is 0.299. The molecular weight excluding hydrogens is 537 g/mol. The van der Waals surface area contributed by atoms with Crippen molar-refractivity contribution in [2.24, 2.45) is 0 Å². The van der Waals surface area contributed by atoms with Crippen molar-refractivity contribution in [3.63, 3.8) is 0 Å². The standard InChI is InChI=1S/C30H30AsN5O2/c31-28-27(30(38)35-25-10-5-15-32-18-25)36-26(19-33-28)23-8-4-9-24(16-23)29(37)34-17-20-11-13-22(14-12-20)21-6-2-1-3-7-21/h1-4,6-9,11-14,16,19,25,32H,5,10,15,17-18,31H2,(H,34,37)(H,35,38)/t25-/m0/s1. The summed E-state index contributed by atoms with van der Waals surface area (Å²) in [5, 5.41) is 9.37. The van der Waals surface area contributed by atoms with Gasteiger partial charge < -0.3 is 0 Å². The number of amides is 2. The van der Waals surface area contributed by atoms with E-state index >= 15 is 0 Å². The van der Waals surface area contributed by atoms with Crippen LogP contribution >= 0.6 is 0 Å². The van der Waals surface area contributed by atoms with E-state index in [1.165, 1.54) is 16.9 Å². The van der Waals surface area contributed by atoms with Crippen molar-refractivity contribution in [3.8, 4) is 22.4 Å². The molecule has 0 aliphatic carbocycles. The van der Waals surface area contributed by atoms with Gasteiger partial charge in [-0.25, -0.2) is 0 Å². The van der Waals surface area contributed by atoms with Gasteiger partial charge in [-0.05, 0) is 11.1 Å². The summed E-state index contributed by atoms with van der Waals surface area (Å²) in [4.78, 5) is 34.9. The van der Waals surface area contributed by atoms with Gasteiger partial charge in [0.15, 0.2) is 0 Å². The Morgan fingerprint density at radius 2 is 1.68 bits per heavy atom. The molecule has 2 atom stereocenters. The summed E-state index contributed by atoms with van der Waals surface area (Å²) in [6.45, 7) is 2.16. The third kappa shape index (κ3) is 6.36. The first kappa shape index (κ1) is 25.8. The molecule has 8 heteroatoms. The van der Waals surface area contributed by atoms with E-state index in [1.54, 1.807) is 18.3 Å². The number of benzene rings is 3. The van der Waals surface area contributed by atoms with E-state index < -0.39 is 0 Å². The maximum atomic E-state index is 12.9. The zero-order valence-corrected chi connectivity index (χ0v) is 23.4. The summed E-state index contributed by atoms with van der Waals surface area (Å²) in [6.07, 6.45) is 3.64. The number of rotatable bonds is 7. The number of hydrogen-bond acceptors (Lipinski definition) is 5. The van der Waals surface area contributed by atoms with Crippen molar-refractivity contribution in [3.05, 3.63) is 102 Å². The predicted octanol–water partition coefficient (Wildman–Crippen LogP) is 2.48. The zero-order valence-electron chi connectivity index (χ0n) is 21.0. The molecule has 0 saturated carbocycles. The summed E-state index contributed by atoms with van der Waals surface area (Å²) in [6, 6.07) is 25.7. The summed E-state index contributed by atoms with van der Waals surface area (Å²) >= 11 is 1.25. The van der Waals surface area contributed by atoms with Gasteiger partial charge in [-0.3, -0.25) is 0 Å². The Bertz CT molecular complexity index is 1420. The molecule has 1 aromatic heterocycles. The van der Waals surface area contributed by atoms with Gasteiger partial charge in [0, 0.05) is 0 Å². The number of carbonyl (C=O) groups is 2. The molecule has 0 spiro atoms.